The van der Waals surface area contributed by atoms with Gasteiger partial charge in [0, 0.05) is 12.8 Å². The van der Waals surface area contributed by atoms with Gasteiger partial charge >= 0.3 is 0 Å². The Balaban J connectivity index is 1.70. The average molecular weight is 253 g/mol. The van der Waals surface area contributed by atoms with Gasteiger partial charge in [-0.25, -0.2) is 0 Å². The third kappa shape index (κ3) is 3.59. The largest absolute Gasteiger partial charge is 0.339 e. The van der Waals surface area contributed by atoms with Gasteiger partial charge < -0.3 is 9.84 Å². The summed E-state index contributed by atoms with van der Waals surface area (Å²) in [5.74, 6) is 1.09. The summed E-state index contributed by atoms with van der Waals surface area (Å²) in [5, 5.41) is 14.2. The number of hydrogen-bond donors (Lipinski definition) is 1. The first-order valence-electron chi connectivity index (χ1n) is 5.09. The predicted octanol–water partition coefficient (Wildman–Crippen LogP) is 1.19. The van der Waals surface area contributed by atoms with Crippen LogP contribution in [0.15, 0.2) is 10.0 Å². The van der Waals surface area contributed by atoms with E-state index in [-0.39, 0.29) is 5.91 Å². The number of aryl methyl sites for hydroxylation is 2. The van der Waals surface area contributed by atoms with Gasteiger partial charge in [0.15, 0.2) is 5.82 Å². The zero-order valence-electron chi connectivity index (χ0n) is 9.21. The zero-order chi connectivity index (χ0) is 12.1. The van der Waals surface area contributed by atoms with Crippen molar-refractivity contribution in [3.05, 3.63) is 17.2 Å². The van der Waals surface area contributed by atoms with Crippen molar-refractivity contribution in [2.24, 2.45) is 0 Å². The SMILES string of the molecule is Cc1noc(CCCC(=O)Nc2nncs2)n1. The molecule has 1 amide bonds. The highest BCUT2D eigenvalue weighted by molar-refractivity contribution is 7.13. The fourth-order valence-corrected chi connectivity index (χ4v) is 1.71. The lowest BCUT2D eigenvalue weighted by atomic mass is 10.2. The fourth-order valence-electron chi connectivity index (χ4n) is 1.25. The van der Waals surface area contributed by atoms with Crippen molar-refractivity contribution in [2.45, 2.75) is 26.2 Å². The van der Waals surface area contributed by atoms with Gasteiger partial charge in [-0.15, -0.1) is 10.2 Å². The standard InChI is InChI=1S/C9H11N5O2S/c1-6-11-8(16-14-6)4-2-3-7(15)12-9-13-10-5-17-9/h5H,2-4H2,1H3,(H,12,13,15). The van der Waals surface area contributed by atoms with Gasteiger partial charge in [0.05, 0.1) is 0 Å². The molecule has 2 heterocycles. The molecule has 0 unspecified atom stereocenters. The van der Waals surface area contributed by atoms with E-state index in [1.165, 1.54) is 11.3 Å². The molecular formula is C9H11N5O2S. The maximum atomic E-state index is 11.5. The van der Waals surface area contributed by atoms with Crippen LogP contribution in [-0.4, -0.2) is 26.2 Å². The van der Waals surface area contributed by atoms with E-state index in [0.29, 0.717) is 36.1 Å². The van der Waals surface area contributed by atoms with Crippen molar-refractivity contribution in [3.8, 4) is 0 Å². The Morgan fingerprint density at radius 2 is 2.47 bits per heavy atom. The van der Waals surface area contributed by atoms with Crippen molar-refractivity contribution in [1.29, 1.82) is 0 Å². The van der Waals surface area contributed by atoms with E-state index >= 15 is 0 Å². The van der Waals surface area contributed by atoms with Gasteiger partial charge in [-0.1, -0.05) is 16.5 Å². The summed E-state index contributed by atoms with van der Waals surface area (Å²) in [5.41, 5.74) is 1.57. The minimum absolute atomic E-state index is 0.0852. The molecule has 2 rings (SSSR count). The van der Waals surface area contributed by atoms with Crippen LogP contribution in [-0.2, 0) is 11.2 Å². The topological polar surface area (TPSA) is 93.8 Å². The Bertz CT molecular complexity index is 481. The van der Waals surface area contributed by atoms with Gasteiger partial charge in [-0.05, 0) is 13.3 Å². The molecule has 0 atom stereocenters. The van der Waals surface area contributed by atoms with Crippen molar-refractivity contribution in [1.82, 2.24) is 20.3 Å². The molecule has 8 heteroatoms. The molecule has 7 nitrogen and oxygen atoms in total. The molecule has 0 aliphatic rings. The number of anilines is 1. The lowest BCUT2D eigenvalue weighted by Crippen LogP contribution is -2.11. The average Bonchev–Trinajstić information content (AvgIpc) is 2.90. The molecule has 0 fully saturated rings. The van der Waals surface area contributed by atoms with Crippen molar-refractivity contribution < 1.29 is 9.32 Å². The number of carbonyl (C=O) groups excluding carboxylic acids is 1. The molecule has 0 aliphatic heterocycles. The summed E-state index contributed by atoms with van der Waals surface area (Å²) in [7, 11) is 0. The highest BCUT2D eigenvalue weighted by atomic mass is 32.1. The third-order valence-electron chi connectivity index (χ3n) is 1.97. The first-order valence-corrected chi connectivity index (χ1v) is 5.97. The first kappa shape index (κ1) is 11.6. The molecule has 0 bridgehead atoms. The predicted molar refractivity (Wildman–Crippen MR) is 60.5 cm³/mol. The van der Waals surface area contributed by atoms with Crippen LogP contribution in [0.4, 0.5) is 5.13 Å². The van der Waals surface area contributed by atoms with Crippen LogP contribution in [0.5, 0.6) is 0 Å². The van der Waals surface area contributed by atoms with Crippen LogP contribution in [0.1, 0.15) is 24.6 Å². The molecule has 1 N–H and O–H groups in total. The molecule has 0 saturated carbocycles. The summed E-state index contributed by atoms with van der Waals surface area (Å²) in [6.07, 6.45) is 1.65. The van der Waals surface area contributed by atoms with E-state index in [1.54, 1.807) is 12.4 Å². The van der Waals surface area contributed by atoms with Crippen LogP contribution >= 0.6 is 11.3 Å². The minimum atomic E-state index is -0.0852. The normalized spacial score (nSPS) is 10.4. The number of amides is 1. The van der Waals surface area contributed by atoms with E-state index in [2.05, 4.69) is 25.7 Å². The summed E-state index contributed by atoms with van der Waals surface area (Å²) >= 11 is 1.29. The van der Waals surface area contributed by atoms with Crippen LogP contribution in [0.3, 0.4) is 0 Å². The van der Waals surface area contributed by atoms with Gasteiger partial charge in [0.25, 0.3) is 0 Å². The van der Waals surface area contributed by atoms with Crippen molar-refractivity contribution >= 4 is 22.4 Å². The molecule has 0 radical (unpaired) electrons. The summed E-state index contributed by atoms with van der Waals surface area (Å²) in [6.45, 7) is 1.76. The molecular weight excluding hydrogens is 242 g/mol. The molecule has 2 aromatic rings. The Morgan fingerprint density at radius 1 is 1.59 bits per heavy atom. The maximum Gasteiger partial charge on any atom is 0.226 e. The van der Waals surface area contributed by atoms with Gasteiger partial charge in [-0.3, -0.25) is 4.79 Å². The Morgan fingerprint density at radius 3 is 3.12 bits per heavy atom. The second-order valence-corrected chi connectivity index (χ2v) is 4.21. The Kier molecular flexibility index (Phi) is 3.76. The lowest BCUT2D eigenvalue weighted by Gasteiger charge is -1.98. The molecule has 0 spiro atoms. The first-order chi connectivity index (χ1) is 8.24. The molecule has 17 heavy (non-hydrogen) atoms. The van der Waals surface area contributed by atoms with Gasteiger partial charge in [0.1, 0.15) is 5.51 Å². The molecule has 0 aliphatic carbocycles. The van der Waals surface area contributed by atoms with Crippen molar-refractivity contribution in [3.63, 3.8) is 0 Å². The Hall–Kier alpha value is -1.83. The maximum absolute atomic E-state index is 11.5. The second kappa shape index (κ2) is 5.48. The highest BCUT2D eigenvalue weighted by Crippen LogP contribution is 2.09. The van der Waals surface area contributed by atoms with E-state index in [9.17, 15) is 4.79 Å². The monoisotopic (exact) mass is 253 g/mol. The highest BCUT2D eigenvalue weighted by Gasteiger charge is 2.07. The minimum Gasteiger partial charge on any atom is -0.339 e. The zero-order valence-corrected chi connectivity index (χ0v) is 10.0. The smallest absolute Gasteiger partial charge is 0.226 e. The number of nitrogens with one attached hydrogen (secondary N) is 1. The quantitative estimate of drug-likeness (QED) is 0.860. The second-order valence-electron chi connectivity index (χ2n) is 3.38. The van der Waals surface area contributed by atoms with Gasteiger partial charge in [-0.2, -0.15) is 4.98 Å². The van der Waals surface area contributed by atoms with E-state index < -0.39 is 0 Å². The van der Waals surface area contributed by atoms with Gasteiger partial charge in [0.2, 0.25) is 16.9 Å². The molecule has 0 aromatic carbocycles. The summed E-state index contributed by atoms with van der Waals surface area (Å²) in [4.78, 5) is 15.5. The molecule has 0 saturated heterocycles. The molecule has 2 aromatic heterocycles. The number of carbonyl (C=O) groups is 1. The fraction of sp³-hybridized carbons (Fsp3) is 0.444. The summed E-state index contributed by atoms with van der Waals surface area (Å²) in [6, 6.07) is 0. The van der Waals surface area contributed by atoms with Crippen LogP contribution in [0.2, 0.25) is 0 Å². The number of aromatic nitrogens is 4. The van der Waals surface area contributed by atoms with Crippen LogP contribution in [0, 0.1) is 6.92 Å². The summed E-state index contributed by atoms with van der Waals surface area (Å²) < 4.78 is 4.94. The lowest BCUT2D eigenvalue weighted by molar-refractivity contribution is -0.116. The van der Waals surface area contributed by atoms with E-state index in [4.69, 9.17) is 4.52 Å². The van der Waals surface area contributed by atoms with Crippen LogP contribution < -0.4 is 5.32 Å². The third-order valence-corrected chi connectivity index (χ3v) is 2.58. The molecule has 90 valence electrons. The number of rotatable bonds is 5. The number of nitrogens with zero attached hydrogens (tertiary/aromatic N) is 4. The number of hydrogen-bond acceptors (Lipinski definition) is 7. The van der Waals surface area contributed by atoms with E-state index in [1.807, 2.05) is 0 Å². The van der Waals surface area contributed by atoms with Crippen LogP contribution in [0.25, 0.3) is 0 Å². The van der Waals surface area contributed by atoms with E-state index in [0.717, 1.165) is 0 Å². The van der Waals surface area contributed by atoms with Crippen molar-refractivity contribution in [2.75, 3.05) is 5.32 Å². The Labute approximate surface area is 101 Å².